The third-order valence-corrected chi connectivity index (χ3v) is 5.58. The molecule has 3 N–H and O–H groups in total. The second-order valence-corrected chi connectivity index (χ2v) is 8.38. The van der Waals surface area contributed by atoms with Gasteiger partial charge in [0.05, 0.1) is 0 Å². The van der Waals surface area contributed by atoms with Gasteiger partial charge in [0, 0.05) is 30.4 Å². The lowest BCUT2D eigenvalue weighted by Crippen LogP contribution is -2.41. The number of rotatable bonds is 10. The molecule has 1 saturated carbocycles. The highest BCUT2D eigenvalue weighted by Crippen LogP contribution is 2.33. The SMILES string of the molecule is CC.CC(C)CC1CC(C)CCC1NCCCNSNc1ccccc1. The van der Waals surface area contributed by atoms with Crippen LogP contribution in [0.2, 0.25) is 0 Å². The van der Waals surface area contributed by atoms with E-state index in [4.69, 9.17) is 0 Å². The molecule has 3 atom stereocenters. The molecule has 1 fully saturated rings. The molecule has 3 nitrogen and oxygen atoms in total. The summed E-state index contributed by atoms with van der Waals surface area (Å²) < 4.78 is 6.69. The Balaban J connectivity index is 0.00000163. The number of nitrogens with one attached hydrogen (secondary N) is 3. The number of hydrogen-bond acceptors (Lipinski definition) is 4. The zero-order chi connectivity index (χ0) is 19.2. The fourth-order valence-electron chi connectivity index (χ4n) is 3.73. The average Bonchev–Trinajstić information content (AvgIpc) is 2.64. The van der Waals surface area contributed by atoms with Crippen molar-refractivity contribution in [2.24, 2.45) is 17.8 Å². The Labute approximate surface area is 166 Å². The maximum Gasteiger partial charge on any atom is 0.0451 e. The van der Waals surface area contributed by atoms with Crippen molar-refractivity contribution in [2.75, 3.05) is 17.8 Å². The van der Waals surface area contributed by atoms with Crippen molar-refractivity contribution in [3.05, 3.63) is 30.3 Å². The number of hydrogen-bond donors (Lipinski definition) is 3. The van der Waals surface area contributed by atoms with Gasteiger partial charge in [-0.15, -0.1) is 0 Å². The van der Waals surface area contributed by atoms with E-state index in [-0.39, 0.29) is 0 Å². The van der Waals surface area contributed by atoms with Crippen LogP contribution >= 0.6 is 12.1 Å². The molecule has 0 spiro atoms. The highest BCUT2D eigenvalue weighted by molar-refractivity contribution is 7.98. The van der Waals surface area contributed by atoms with Crippen molar-refractivity contribution < 1.29 is 0 Å². The van der Waals surface area contributed by atoms with E-state index >= 15 is 0 Å². The van der Waals surface area contributed by atoms with E-state index in [2.05, 4.69) is 47.7 Å². The minimum Gasteiger partial charge on any atom is -0.317 e. The molecule has 0 saturated heterocycles. The summed E-state index contributed by atoms with van der Waals surface area (Å²) in [6, 6.07) is 11.0. The van der Waals surface area contributed by atoms with E-state index in [0.29, 0.717) is 0 Å². The summed E-state index contributed by atoms with van der Waals surface area (Å²) in [6.07, 6.45) is 6.70. The molecule has 3 unspecified atom stereocenters. The summed E-state index contributed by atoms with van der Waals surface area (Å²) in [6.45, 7) is 13.3. The minimum atomic E-state index is 0.735. The predicted octanol–water partition coefficient (Wildman–Crippen LogP) is 6.11. The fraction of sp³-hybridized carbons (Fsp3) is 0.727. The van der Waals surface area contributed by atoms with Crippen molar-refractivity contribution in [1.29, 1.82) is 0 Å². The standard InChI is InChI=1S/C20H35N3S.C2H6/c1-16(2)14-18-15-17(3)10-11-20(18)21-12-7-13-22-24-23-19-8-5-4-6-9-19;1-2/h4-6,8-9,16-18,20-23H,7,10-15H2,1-3H3;1-2H3. The van der Waals surface area contributed by atoms with Crippen LogP contribution in [-0.2, 0) is 0 Å². The number of para-hydroxylation sites is 1. The fourth-order valence-corrected chi connectivity index (χ4v) is 4.31. The normalized spacial score (nSPS) is 22.6. The minimum absolute atomic E-state index is 0.735. The monoisotopic (exact) mass is 379 g/mol. The Bertz CT molecular complexity index is 436. The smallest absolute Gasteiger partial charge is 0.0451 e. The molecule has 1 aliphatic carbocycles. The lowest BCUT2D eigenvalue weighted by atomic mass is 9.75. The van der Waals surface area contributed by atoms with Crippen molar-refractivity contribution in [1.82, 2.24) is 10.0 Å². The molecule has 0 aliphatic heterocycles. The van der Waals surface area contributed by atoms with Crippen LogP contribution in [0.1, 0.15) is 66.7 Å². The highest BCUT2D eigenvalue weighted by Gasteiger charge is 2.28. The third kappa shape index (κ3) is 9.84. The van der Waals surface area contributed by atoms with E-state index < -0.39 is 0 Å². The van der Waals surface area contributed by atoms with Crippen LogP contribution < -0.4 is 14.8 Å². The van der Waals surface area contributed by atoms with Crippen LogP contribution in [0.25, 0.3) is 0 Å². The van der Waals surface area contributed by atoms with Gasteiger partial charge in [-0.1, -0.05) is 52.8 Å². The van der Waals surface area contributed by atoms with E-state index in [1.54, 1.807) is 12.1 Å². The second-order valence-electron chi connectivity index (χ2n) is 7.69. The van der Waals surface area contributed by atoms with Crippen LogP contribution in [0.4, 0.5) is 5.69 Å². The summed E-state index contributed by atoms with van der Waals surface area (Å²) in [7, 11) is 0. The maximum atomic E-state index is 3.84. The van der Waals surface area contributed by atoms with Crippen molar-refractivity contribution in [2.45, 2.75) is 72.8 Å². The Morgan fingerprint density at radius 1 is 1.08 bits per heavy atom. The predicted molar refractivity (Wildman–Crippen MR) is 119 cm³/mol. The topological polar surface area (TPSA) is 36.1 Å². The zero-order valence-corrected chi connectivity index (χ0v) is 18.4. The van der Waals surface area contributed by atoms with E-state index in [1.807, 2.05) is 32.0 Å². The maximum absolute atomic E-state index is 3.84. The third-order valence-electron chi connectivity index (χ3n) is 4.90. The summed E-state index contributed by atoms with van der Waals surface area (Å²) >= 11 is 1.57. The molecule has 26 heavy (non-hydrogen) atoms. The highest BCUT2D eigenvalue weighted by atomic mass is 32.2. The van der Waals surface area contributed by atoms with E-state index in [9.17, 15) is 0 Å². The average molecular weight is 380 g/mol. The summed E-state index contributed by atoms with van der Waals surface area (Å²) in [5, 5.41) is 3.84. The van der Waals surface area contributed by atoms with Crippen LogP contribution in [0.15, 0.2) is 30.3 Å². The Kier molecular flexibility index (Phi) is 12.9. The van der Waals surface area contributed by atoms with Crippen LogP contribution in [-0.4, -0.2) is 19.1 Å². The number of anilines is 1. The van der Waals surface area contributed by atoms with E-state index in [1.165, 1.54) is 32.1 Å². The lowest BCUT2D eigenvalue weighted by molar-refractivity contribution is 0.187. The second kappa shape index (κ2) is 14.4. The van der Waals surface area contributed by atoms with Crippen molar-refractivity contribution in [3.63, 3.8) is 0 Å². The molecule has 0 heterocycles. The van der Waals surface area contributed by atoms with Crippen molar-refractivity contribution >= 4 is 17.8 Å². The molecule has 1 aromatic carbocycles. The molecule has 4 heteroatoms. The zero-order valence-electron chi connectivity index (χ0n) is 17.6. The lowest BCUT2D eigenvalue weighted by Gasteiger charge is -2.36. The molecule has 0 amide bonds. The van der Waals surface area contributed by atoms with Gasteiger partial charge in [-0.05, 0) is 68.5 Å². The Morgan fingerprint density at radius 2 is 1.81 bits per heavy atom. The Hall–Kier alpha value is -0.710. The first-order valence-electron chi connectivity index (χ1n) is 10.6. The van der Waals surface area contributed by atoms with Crippen LogP contribution in [0.3, 0.4) is 0 Å². The first-order valence-corrected chi connectivity index (χ1v) is 11.4. The van der Waals surface area contributed by atoms with Gasteiger partial charge in [0.1, 0.15) is 0 Å². The molecular weight excluding hydrogens is 338 g/mol. The van der Waals surface area contributed by atoms with Gasteiger partial charge < -0.3 is 10.0 Å². The molecule has 1 aromatic rings. The summed E-state index contributed by atoms with van der Waals surface area (Å²) in [5.74, 6) is 2.59. The molecule has 0 bridgehead atoms. The van der Waals surface area contributed by atoms with E-state index in [0.717, 1.165) is 42.6 Å². The molecule has 0 aromatic heterocycles. The summed E-state index contributed by atoms with van der Waals surface area (Å²) in [4.78, 5) is 0. The Morgan fingerprint density at radius 3 is 2.50 bits per heavy atom. The molecule has 150 valence electrons. The van der Waals surface area contributed by atoms with Gasteiger partial charge in [0.25, 0.3) is 0 Å². The quantitative estimate of drug-likeness (QED) is 0.339. The van der Waals surface area contributed by atoms with Crippen LogP contribution in [0.5, 0.6) is 0 Å². The molecular formula is C22H41N3S. The largest absolute Gasteiger partial charge is 0.317 e. The number of benzene rings is 1. The summed E-state index contributed by atoms with van der Waals surface area (Å²) in [5.41, 5.74) is 1.14. The molecule has 0 radical (unpaired) electrons. The van der Waals surface area contributed by atoms with Gasteiger partial charge in [-0.3, -0.25) is 0 Å². The van der Waals surface area contributed by atoms with Gasteiger partial charge in [0.15, 0.2) is 0 Å². The van der Waals surface area contributed by atoms with Gasteiger partial charge >= 0.3 is 0 Å². The van der Waals surface area contributed by atoms with Gasteiger partial charge in [0.2, 0.25) is 0 Å². The van der Waals surface area contributed by atoms with Crippen molar-refractivity contribution in [3.8, 4) is 0 Å². The molecule has 2 rings (SSSR count). The first kappa shape index (κ1) is 23.3. The van der Waals surface area contributed by atoms with Gasteiger partial charge in [-0.25, -0.2) is 4.72 Å². The first-order chi connectivity index (χ1) is 12.6. The van der Waals surface area contributed by atoms with Crippen LogP contribution in [0, 0.1) is 17.8 Å². The molecule has 1 aliphatic rings. The van der Waals surface area contributed by atoms with Gasteiger partial charge in [-0.2, -0.15) is 0 Å².